The number of methoxy groups -OCH3 is 1. The molecule has 2 atom stereocenters. The molecule has 18 heavy (non-hydrogen) atoms. The van der Waals surface area contributed by atoms with E-state index >= 15 is 0 Å². The Morgan fingerprint density at radius 3 is 2.78 bits per heavy atom. The molecule has 0 aromatic heterocycles. The minimum atomic E-state index is -0.800. The van der Waals surface area contributed by atoms with Gasteiger partial charge in [-0.1, -0.05) is 0 Å². The standard InChI is InChI=1S/C11H17N3O4/c1-18-11(17)7-3-2-5-13-8(15)4-6-14(12)10(16)9(7)13/h7,9H,2-6,12H2,1H3/t7-,9?/m1/s1. The fraction of sp³-hybridized carbons (Fsp3) is 0.727. The highest BCUT2D eigenvalue weighted by atomic mass is 16.5. The van der Waals surface area contributed by atoms with Crippen LogP contribution in [0.3, 0.4) is 0 Å². The summed E-state index contributed by atoms with van der Waals surface area (Å²) in [5, 5.41) is 1.03. The molecule has 0 spiro atoms. The lowest BCUT2D eigenvalue weighted by Gasteiger charge is -2.38. The fourth-order valence-corrected chi connectivity index (χ4v) is 2.62. The Morgan fingerprint density at radius 2 is 2.11 bits per heavy atom. The summed E-state index contributed by atoms with van der Waals surface area (Å²) in [7, 11) is 1.28. The molecular formula is C11H17N3O4. The highest BCUT2D eigenvalue weighted by molar-refractivity contribution is 5.93. The Morgan fingerprint density at radius 1 is 1.39 bits per heavy atom. The second kappa shape index (κ2) is 4.93. The monoisotopic (exact) mass is 255 g/mol. The first kappa shape index (κ1) is 12.8. The van der Waals surface area contributed by atoms with Gasteiger partial charge in [-0.05, 0) is 12.8 Å². The number of piperidine rings is 1. The predicted molar refractivity (Wildman–Crippen MR) is 60.8 cm³/mol. The molecule has 2 saturated heterocycles. The number of ether oxygens (including phenoxy) is 1. The molecular weight excluding hydrogens is 238 g/mol. The summed E-state index contributed by atoms with van der Waals surface area (Å²) in [4.78, 5) is 37.3. The summed E-state index contributed by atoms with van der Waals surface area (Å²) in [5.74, 6) is 4.03. The maximum atomic E-state index is 12.2. The van der Waals surface area contributed by atoms with E-state index in [4.69, 9.17) is 10.6 Å². The van der Waals surface area contributed by atoms with Gasteiger partial charge in [0, 0.05) is 19.5 Å². The molecule has 0 aromatic rings. The van der Waals surface area contributed by atoms with E-state index in [1.807, 2.05) is 0 Å². The second-order valence-electron chi connectivity index (χ2n) is 4.59. The van der Waals surface area contributed by atoms with E-state index in [1.165, 1.54) is 12.0 Å². The first-order valence-corrected chi connectivity index (χ1v) is 5.99. The van der Waals surface area contributed by atoms with Gasteiger partial charge >= 0.3 is 5.97 Å². The van der Waals surface area contributed by atoms with Crippen LogP contribution in [-0.2, 0) is 19.1 Å². The van der Waals surface area contributed by atoms with Crippen LogP contribution in [0.2, 0.25) is 0 Å². The van der Waals surface area contributed by atoms with Crippen molar-refractivity contribution in [1.82, 2.24) is 9.91 Å². The normalized spacial score (nSPS) is 28.8. The molecule has 1 unspecified atom stereocenters. The third kappa shape index (κ3) is 2.05. The lowest BCUT2D eigenvalue weighted by atomic mass is 9.88. The van der Waals surface area contributed by atoms with Crippen LogP contribution in [0, 0.1) is 5.92 Å². The lowest BCUT2D eigenvalue weighted by molar-refractivity contribution is -0.158. The number of amides is 2. The van der Waals surface area contributed by atoms with E-state index < -0.39 is 17.9 Å². The van der Waals surface area contributed by atoms with E-state index in [0.717, 1.165) is 5.01 Å². The third-order valence-electron chi connectivity index (χ3n) is 3.56. The Bertz CT molecular complexity index is 384. The number of rotatable bonds is 1. The van der Waals surface area contributed by atoms with E-state index in [1.54, 1.807) is 0 Å². The topological polar surface area (TPSA) is 92.9 Å². The first-order valence-electron chi connectivity index (χ1n) is 5.99. The Balaban J connectivity index is 2.32. The zero-order chi connectivity index (χ0) is 13.3. The van der Waals surface area contributed by atoms with E-state index in [9.17, 15) is 14.4 Å². The quantitative estimate of drug-likeness (QED) is 0.363. The smallest absolute Gasteiger partial charge is 0.311 e. The Hall–Kier alpha value is -1.63. The van der Waals surface area contributed by atoms with Crippen LogP contribution >= 0.6 is 0 Å². The minimum Gasteiger partial charge on any atom is -0.469 e. The van der Waals surface area contributed by atoms with Crippen molar-refractivity contribution >= 4 is 17.8 Å². The highest BCUT2D eigenvalue weighted by Crippen LogP contribution is 2.28. The summed E-state index contributed by atoms with van der Waals surface area (Å²) in [5.41, 5.74) is 0. The summed E-state index contributed by atoms with van der Waals surface area (Å²) in [6, 6.07) is -0.800. The number of esters is 1. The van der Waals surface area contributed by atoms with Gasteiger partial charge in [0.15, 0.2) is 0 Å². The molecule has 0 radical (unpaired) electrons. The van der Waals surface area contributed by atoms with Gasteiger partial charge in [-0.2, -0.15) is 0 Å². The zero-order valence-corrected chi connectivity index (χ0v) is 10.3. The van der Waals surface area contributed by atoms with Crippen molar-refractivity contribution in [2.45, 2.75) is 25.3 Å². The first-order chi connectivity index (χ1) is 8.56. The number of hydrazine groups is 1. The Labute approximate surface area is 105 Å². The number of nitrogens with zero attached hydrogens (tertiary/aromatic N) is 2. The van der Waals surface area contributed by atoms with Crippen LogP contribution in [0.5, 0.6) is 0 Å². The molecule has 0 aliphatic carbocycles. The number of carbonyl (C=O) groups is 3. The summed E-state index contributed by atoms with van der Waals surface area (Å²) in [6.45, 7) is 0.690. The molecule has 2 aliphatic heterocycles. The van der Waals surface area contributed by atoms with Gasteiger partial charge in [0.25, 0.3) is 5.91 Å². The molecule has 2 amide bonds. The lowest BCUT2D eigenvalue weighted by Crippen LogP contribution is -2.57. The maximum Gasteiger partial charge on any atom is 0.311 e. The molecule has 2 N–H and O–H groups in total. The Kier molecular flexibility index (Phi) is 3.51. The van der Waals surface area contributed by atoms with Crippen LogP contribution < -0.4 is 5.84 Å². The van der Waals surface area contributed by atoms with Gasteiger partial charge in [-0.25, -0.2) is 5.84 Å². The van der Waals surface area contributed by atoms with E-state index in [2.05, 4.69) is 0 Å². The van der Waals surface area contributed by atoms with Crippen molar-refractivity contribution in [2.24, 2.45) is 11.8 Å². The summed E-state index contributed by atoms with van der Waals surface area (Å²) >= 11 is 0. The van der Waals surface area contributed by atoms with Gasteiger partial charge in [0.1, 0.15) is 6.04 Å². The van der Waals surface area contributed by atoms with Crippen molar-refractivity contribution in [1.29, 1.82) is 0 Å². The SMILES string of the molecule is COC(=O)[C@@H]1CCCN2C(=O)CCN(N)C(=O)C12. The van der Waals surface area contributed by atoms with E-state index in [0.29, 0.717) is 19.4 Å². The van der Waals surface area contributed by atoms with Crippen LogP contribution in [0.1, 0.15) is 19.3 Å². The van der Waals surface area contributed by atoms with Gasteiger partial charge in [-0.15, -0.1) is 0 Å². The van der Waals surface area contributed by atoms with Gasteiger partial charge in [-0.3, -0.25) is 19.4 Å². The fourth-order valence-electron chi connectivity index (χ4n) is 2.62. The molecule has 7 heteroatoms. The van der Waals surface area contributed by atoms with E-state index in [-0.39, 0.29) is 24.8 Å². The van der Waals surface area contributed by atoms with Crippen LogP contribution in [0.15, 0.2) is 0 Å². The molecule has 0 saturated carbocycles. The molecule has 2 fully saturated rings. The highest BCUT2D eigenvalue weighted by Gasteiger charge is 2.46. The number of nitrogens with two attached hydrogens (primary N) is 1. The van der Waals surface area contributed by atoms with Gasteiger partial charge < -0.3 is 9.64 Å². The molecule has 2 rings (SSSR count). The molecule has 7 nitrogen and oxygen atoms in total. The van der Waals surface area contributed by atoms with Crippen molar-refractivity contribution in [3.8, 4) is 0 Å². The average molecular weight is 255 g/mol. The van der Waals surface area contributed by atoms with Gasteiger partial charge in [0.05, 0.1) is 13.0 Å². The minimum absolute atomic E-state index is 0.130. The molecule has 0 bridgehead atoms. The van der Waals surface area contributed by atoms with Crippen LogP contribution in [0.4, 0.5) is 0 Å². The molecule has 0 aromatic carbocycles. The van der Waals surface area contributed by atoms with Crippen molar-refractivity contribution < 1.29 is 19.1 Å². The predicted octanol–water partition coefficient (Wildman–Crippen LogP) is -1.13. The number of hydrogen-bond acceptors (Lipinski definition) is 5. The van der Waals surface area contributed by atoms with Crippen molar-refractivity contribution in [2.75, 3.05) is 20.2 Å². The number of hydrogen-bond donors (Lipinski definition) is 1. The zero-order valence-electron chi connectivity index (χ0n) is 10.3. The van der Waals surface area contributed by atoms with Crippen molar-refractivity contribution in [3.05, 3.63) is 0 Å². The average Bonchev–Trinajstić information content (AvgIpc) is 2.50. The maximum absolute atomic E-state index is 12.2. The van der Waals surface area contributed by atoms with Gasteiger partial charge in [0.2, 0.25) is 5.91 Å². The summed E-state index contributed by atoms with van der Waals surface area (Å²) < 4.78 is 4.71. The molecule has 2 aliphatic rings. The van der Waals surface area contributed by atoms with Crippen LogP contribution in [0.25, 0.3) is 0 Å². The number of fused-ring (bicyclic) bond motifs is 1. The third-order valence-corrected chi connectivity index (χ3v) is 3.56. The largest absolute Gasteiger partial charge is 0.469 e. The summed E-state index contributed by atoms with van der Waals surface area (Å²) in [6.07, 6.45) is 1.44. The van der Waals surface area contributed by atoms with Crippen molar-refractivity contribution in [3.63, 3.8) is 0 Å². The molecule has 100 valence electrons. The number of carbonyl (C=O) groups excluding carboxylic acids is 3. The second-order valence-corrected chi connectivity index (χ2v) is 4.59. The molecule has 2 heterocycles. The van der Waals surface area contributed by atoms with Crippen LogP contribution in [-0.4, -0.2) is 53.9 Å².